The Morgan fingerprint density at radius 1 is 1.03 bits per heavy atom. The number of amides is 1. The summed E-state index contributed by atoms with van der Waals surface area (Å²) in [5, 5.41) is 8.93. The molecule has 3 aromatic carbocycles. The molecule has 0 radical (unpaired) electrons. The van der Waals surface area contributed by atoms with Crippen LogP contribution in [0.5, 0.6) is 5.75 Å². The second kappa shape index (κ2) is 6.79. The minimum absolute atomic E-state index is 0.246. The number of hydrogen-bond donors (Lipinski definition) is 1. The van der Waals surface area contributed by atoms with E-state index in [2.05, 4.69) is 15.4 Å². The van der Waals surface area contributed by atoms with Crippen LogP contribution in [0, 0.1) is 0 Å². The molecule has 5 aromatic rings. The molecular formula is C22H16N4O3. The maximum absolute atomic E-state index is 12.8. The molecule has 29 heavy (non-hydrogen) atoms. The third-order valence-corrected chi connectivity index (χ3v) is 4.76. The number of benzene rings is 3. The van der Waals surface area contributed by atoms with Crippen LogP contribution in [0.1, 0.15) is 10.4 Å². The molecule has 142 valence electrons. The van der Waals surface area contributed by atoms with Crippen LogP contribution in [0.3, 0.4) is 0 Å². The van der Waals surface area contributed by atoms with Crippen molar-refractivity contribution in [1.82, 2.24) is 14.8 Å². The fraction of sp³-hybridized carbons (Fsp3) is 0.0455. The van der Waals surface area contributed by atoms with Gasteiger partial charge in [0.25, 0.3) is 5.91 Å². The van der Waals surface area contributed by atoms with Crippen LogP contribution in [0.25, 0.3) is 27.6 Å². The number of fused-ring (bicyclic) bond motifs is 3. The summed E-state index contributed by atoms with van der Waals surface area (Å²) in [6.45, 7) is 0. The summed E-state index contributed by atoms with van der Waals surface area (Å²) in [5.41, 5.74) is 3.35. The van der Waals surface area contributed by atoms with E-state index in [0.29, 0.717) is 22.6 Å². The van der Waals surface area contributed by atoms with Gasteiger partial charge in [-0.2, -0.15) is 5.10 Å². The quantitative estimate of drug-likeness (QED) is 0.496. The molecular weight excluding hydrogens is 368 g/mol. The molecule has 0 aliphatic carbocycles. The minimum Gasteiger partial charge on any atom is -0.495 e. The number of ether oxygens (including phenoxy) is 1. The number of methoxy groups -OCH3 is 1. The molecule has 0 aliphatic rings. The van der Waals surface area contributed by atoms with Crippen molar-refractivity contribution in [2.45, 2.75) is 0 Å². The van der Waals surface area contributed by atoms with E-state index in [1.165, 1.54) is 6.33 Å². The van der Waals surface area contributed by atoms with E-state index in [1.807, 2.05) is 42.5 Å². The Morgan fingerprint density at radius 3 is 2.62 bits per heavy atom. The van der Waals surface area contributed by atoms with Gasteiger partial charge in [0.05, 0.1) is 18.5 Å². The van der Waals surface area contributed by atoms with E-state index in [4.69, 9.17) is 9.15 Å². The first-order valence-corrected chi connectivity index (χ1v) is 8.98. The van der Waals surface area contributed by atoms with Crippen molar-refractivity contribution in [2.24, 2.45) is 0 Å². The van der Waals surface area contributed by atoms with Gasteiger partial charge in [-0.05, 0) is 36.4 Å². The summed E-state index contributed by atoms with van der Waals surface area (Å²) in [5.74, 6) is 0.320. The Labute approximate surface area is 165 Å². The average molecular weight is 384 g/mol. The van der Waals surface area contributed by atoms with Gasteiger partial charge in [0, 0.05) is 22.4 Å². The number of rotatable bonds is 4. The van der Waals surface area contributed by atoms with Gasteiger partial charge in [-0.15, -0.1) is 0 Å². The molecule has 0 saturated heterocycles. The van der Waals surface area contributed by atoms with Gasteiger partial charge in [0.1, 0.15) is 29.6 Å². The highest BCUT2D eigenvalue weighted by Crippen LogP contribution is 2.36. The summed E-state index contributed by atoms with van der Waals surface area (Å²) < 4.78 is 13.0. The molecule has 0 spiro atoms. The molecule has 7 heteroatoms. The lowest BCUT2D eigenvalue weighted by molar-refractivity contribution is 0.102. The summed E-state index contributed by atoms with van der Waals surface area (Å²) in [4.78, 5) is 16.7. The van der Waals surface area contributed by atoms with Crippen molar-refractivity contribution in [3.8, 4) is 11.4 Å². The maximum Gasteiger partial charge on any atom is 0.255 e. The topological polar surface area (TPSA) is 82.2 Å². The Kier molecular flexibility index (Phi) is 3.98. The molecule has 0 unspecified atom stereocenters. The van der Waals surface area contributed by atoms with Gasteiger partial charge < -0.3 is 14.5 Å². The fourth-order valence-corrected chi connectivity index (χ4v) is 3.32. The predicted molar refractivity (Wildman–Crippen MR) is 110 cm³/mol. The highest BCUT2D eigenvalue weighted by atomic mass is 16.5. The highest BCUT2D eigenvalue weighted by molar-refractivity contribution is 6.10. The highest BCUT2D eigenvalue weighted by Gasteiger charge is 2.15. The van der Waals surface area contributed by atoms with E-state index in [-0.39, 0.29) is 5.91 Å². The smallest absolute Gasteiger partial charge is 0.255 e. The normalized spacial score (nSPS) is 11.1. The number of furan rings is 1. The van der Waals surface area contributed by atoms with E-state index < -0.39 is 0 Å². The first-order valence-electron chi connectivity index (χ1n) is 8.98. The lowest BCUT2D eigenvalue weighted by Crippen LogP contribution is -2.12. The van der Waals surface area contributed by atoms with Gasteiger partial charge in [0.2, 0.25) is 0 Å². The molecule has 7 nitrogen and oxygen atoms in total. The molecule has 2 heterocycles. The number of aromatic nitrogens is 3. The number of carbonyl (C=O) groups excluding carboxylic acids is 1. The zero-order valence-corrected chi connectivity index (χ0v) is 15.5. The third kappa shape index (κ3) is 2.98. The second-order valence-corrected chi connectivity index (χ2v) is 6.49. The molecule has 1 N–H and O–H groups in total. The minimum atomic E-state index is -0.246. The van der Waals surface area contributed by atoms with Crippen LogP contribution in [-0.4, -0.2) is 27.8 Å². The average Bonchev–Trinajstić information content (AvgIpc) is 3.41. The lowest BCUT2D eigenvalue weighted by Gasteiger charge is -2.11. The standard InChI is InChI=1S/C22H16N4O3/c1-28-21-10-17-16-4-2-3-5-19(16)29-20(17)11-18(21)25-22(27)14-6-8-15(9-7-14)26-13-23-12-24-26/h2-13H,1H3,(H,25,27). The van der Waals surface area contributed by atoms with Crippen LogP contribution < -0.4 is 10.1 Å². The Balaban J connectivity index is 1.47. The SMILES string of the molecule is COc1cc2c(cc1NC(=O)c1ccc(-n3cncn3)cc1)oc1ccccc12. The number of carbonyl (C=O) groups is 1. The van der Waals surface area contributed by atoms with Crippen molar-refractivity contribution < 1.29 is 13.9 Å². The number of nitrogens with one attached hydrogen (secondary N) is 1. The maximum atomic E-state index is 12.8. The third-order valence-electron chi connectivity index (χ3n) is 4.76. The van der Waals surface area contributed by atoms with Crippen LogP contribution in [0.4, 0.5) is 5.69 Å². The molecule has 0 saturated carbocycles. The second-order valence-electron chi connectivity index (χ2n) is 6.49. The monoisotopic (exact) mass is 384 g/mol. The van der Waals surface area contributed by atoms with Crippen LogP contribution in [0.15, 0.2) is 77.7 Å². The number of nitrogens with zero attached hydrogens (tertiary/aromatic N) is 3. The molecule has 0 aliphatic heterocycles. The summed E-state index contributed by atoms with van der Waals surface area (Å²) in [7, 11) is 1.58. The molecule has 5 rings (SSSR count). The Hall–Kier alpha value is -4.13. The summed E-state index contributed by atoms with van der Waals surface area (Å²) in [6, 6.07) is 18.5. The van der Waals surface area contributed by atoms with Crippen LogP contribution in [0.2, 0.25) is 0 Å². The number of anilines is 1. The van der Waals surface area contributed by atoms with Gasteiger partial charge in [-0.3, -0.25) is 4.79 Å². The van der Waals surface area contributed by atoms with Gasteiger partial charge in [-0.25, -0.2) is 9.67 Å². The predicted octanol–water partition coefficient (Wildman–Crippen LogP) is 4.43. The summed E-state index contributed by atoms with van der Waals surface area (Å²) in [6.07, 6.45) is 3.06. The number of para-hydroxylation sites is 1. The zero-order chi connectivity index (χ0) is 19.8. The molecule has 0 atom stereocenters. The first kappa shape index (κ1) is 17.0. The molecule has 0 fully saturated rings. The van der Waals surface area contributed by atoms with Crippen molar-refractivity contribution in [3.05, 3.63) is 78.9 Å². The Morgan fingerprint density at radius 2 is 1.86 bits per heavy atom. The zero-order valence-electron chi connectivity index (χ0n) is 15.5. The summed E-state index contributed by atoms with van der Waals surface area (Å²) >= 11 is 0. The first-order chi connectivity index (χ1) is 14.2. The fourth-order valence-electron chi connectivity index (χ4n) is 3.32. The van der Waals surface area contributed by atoms with Crippen molar-refractivity contribution in [1.29, 1.82) is 0 Å². The number of hydrogen-bond acceptors (Lipinski definition) is 5. The Bertz CT molecular complexity index is 1320. The van der Waals surface area contributed by atoms with Gasteiger partial charge >= 0.3 is 0 Å². The van der Waals surface area contributed by atoms with E-state index in [9.17, 15) is 4.79 Å². The lowest BCUT2D eigenvalue weighted by atomic mass is 10.1. The molecule has 2 aromatic heterocycles. The van der Waals surface area contributed by atoms with Crippen molar-refractivity contribution in [3.63, 3.8) is 0 Å². The largest absolute Gasteiger partial charge is 0.495 e. The van der Waals surface area contributed by atoms with Crippen LogP contribution >= 0.6 is 0 Å². The molecule has 1 amide bonds. The van der Waals surface area contributed by atoms with Gasteiger partial charge in [-0.1, -0.05) is 18.2 Å². The van der Waals surface area contributed by atoms with E-state index in [0.717, 1.165) is 22.0 Å². The van der Waals surface area contributed by atoms with Crippen molar-refractivity contribution >= 4 is 33.5 Å². The van der Waals surface area contributed by atoms with Crippen molar-refractivity contribution in [2.75, 3.05) is 12.4 Å². The van der Waals surface area contributed by atoms with E-state index in [1.54, 1.807) is 36.3 Å². The van der Waals surface area contributed by atoms with Gasteiger partial charge in [0.15, 0.2) is 0 Å². The van der Waals surface area contributed by atoms with E-state index >= 15 is 0 Å². The van der Waals surface area contributed by atoms with Crippen LogP contribution in [-0.2, 0) is 0 Å². The molecule has 0 bridgehead atoms.